The van der Waals surface area contributed by atoms with E-state index in [-0.39, 0.29) is 11.4 Å². The van der Waals surface area contributed by atoms with E-state index in [0.717, 1.165) is 0 Å². The van der Waals surface area contributed by atoms with Gasteiger partial charge in [0, 0.05) is 0 Å². The highest BCUT2D eigenvalue weighted by molar-refractivity contribution is 6.43. The Kier molecular flexibility index (Phi) is 4.06. The lowest BCUT2D eigenvalue weighted by molar-refractivity contribution is -0.115. The van der Waals surface area contributed by atoms with E-state index in [0.29, 0.717) is 21.9 Å². The third-order valence-corrected chi connectivity index (χ3v) is 2.66. The first-order valence-electron chi connectivity index (χ1n) is 4.18. The van der Waals surface area contributed by atoms with Crippen LogP contribution in [0, 0.1) is 0 Å². The van der Waals surface area contributed by atoms with Gasteiger partial charge in [0.1, 0.15) is 0 Å². The highest BCUT2D eigenvalue weighted by Crippen LogP contribution is 2.27. The van der Waals surface area contributed by atoms with Crippen molar-refractivity contribution in [2.24, 2.45) is 0 Å². The van der Waals surface area contributed by atoms with Gasteiger partial charge < -0.3 is 0 Å². The minimum absolute atomic E-state index is 0.0687. The van der Waals surface area contributed by atoms with Gasteiger partial charge in [0.2, 0.25) is 0 Å². The summed E-state index contributed by atoms with van der Waals surface area (Å²) in [6.07, 6.45) is 1.92. The molecular weight excluding hydrogens is 235 g/mol. The largest absolute Gasteiger partial charge is 0.298 e. The van der Waals surface area contributed by atoms with Crippen molar-refractivity contribution in [2.75, 3.05) is 0 Å². The molecule has 0 amide bonds. The number of benzene rings is 1. The van der Waals surface area contributed by atoms with Crippen LogP contribution in [0.5, 0.6) is 0 Å². The van der Waals surface area contributed by atoms with Crippen LogP contribution in [-0.2, 0) is 9.59 Å². The number of Topliss-reactive ketones (excluding diaryl/α,β-unsaturated/α-hetero) is 1. The van der Waals surface area contributed by atoms with Crippen molar-refractivity contribution in [3.63, 3.8) is 0 Å². The number of rotatable bonds is 3. The van der Waals surface area contributed by atoms with Crippen LogP contribution in [0.25, 0.3) is 6.08 Å². The van der Waals surface area contributed by atoms with Gasteiger partial charge in [-0.1, -0.05) is 35.3 Å². The average molecular weight is 243 g/mol. The molecule has 0 aliphatic carbocycles. The van der Waals surface area contributed by atoms with E-state index in [4.69, 9.17) is 23.2 Å². The van der Waals surface area contributed by atoms with Crippen LogP contribution in [0.4, 0.5) is 0 Å². The van der Waals surface area contributed by atoms with Crippen molar-refractivity contribution in [3.8, 4) is 0 Å². The number of carbonyl (C=O) groups excluding carboxylic acids is 2. The second-order valence-corrected chi connectivity index (χ2v) is 3.70. The van der Waals surface area contributed by atoms with E-state index < -0.39 is 0 Å². The van der Waals surface area contributed by atoms with Crippen molar-refractivity contribution >= 4 is 41.3 Å². The summed E-state index contributed by atoms with van der Waals surface area (Å²) < 4.78 is 0. The van der Waals surface area contributed by atoms with Gasteiger partial charge >= 0.3 is 0 Å². The summed E-state index contributed by atoms with van der Waals surface area (Å²) in [5.41, 5.74) is 0.626. The third kappa shape index (κ3) is 2.91. The van der Waals surface area contributed by atoms with Crippen LogP contribution in [-0.4, -0.2) is 12.1 Å². The molecule has 0 spiro atoms. The van der Waals surface area contributed by atoms with E-state index in [1.165, 1.54) is 13.0 Å². The maximum atomic E-state index is 11.0. The first-order chi connectivity index (χ1) is 7.06. The molecule has 0 saturated carbocycles. The number of hydrogen-bond acceptors (Lipinski definition) is 2. The minimum atomic E-state index is -0.305. The van der Waals surface area contributed by atoms with Crippen molar-refractivity contribution in [1.29, 1.82) is 0 Å². The SMILES string of the molecule is CC(=O)/C(C=O)=C\c1cccc(Cl)c1Cl. The van der Waals surface area contributed by atoms with Gasteiger partial charge in [-0.05, 0) is 24.6 Å². The van der Waals surface area contributed by atoms with Crippen LogP contribution < -0.4 is 0 Å². The Balaban J connectivity index is 3.23. The fraction of sp³-hybridized carbons (Fsp3) is 0.0909. The van der Waals surface area contributed by atoms with Crippen molar-refractivity contribution in [2.45, 2.75) is 6.92 Å². The smallest absolute Gasteiger partial charge is 0.163 e. The summed E-state index contributed by atoms with van der Waals surface area (Å²) in [7, 11) is 0. The molecule has 0 radical (unpaired) electrons. The lowest BCUT2D eigenvalue weighted by atomic mass is 10.1. The van der Waals surface area contributed by atoms with E-state index in [1.54, 1.807) is 18.2 Å². The molecule has 0 bridgehead atoms. The summed E-state index contributed by atoms with van der Waals surface area (Å²) in [5, 5.41) is 0.721. The van der Waals surface area contributed by atoms with Crippen molar-refractivity contribution < 1.29 is 9.59 Å². The lowest BCUT2D eigenvalue weighted by Gasteiger charge is -2.01. The first kappa shape index (κ1) is 12.0. The zero-order chi connectivity index (χ0) is 11.4. The van der Waals surface area contributed by atoms with Gasteiger partial charge in [-0.3, -0.25) is 9.59 Å². The van der Waals surface area contributed by atoms with Gasteiger partial charge in [0.05, 0.1) is 15.6 Å². The third-order valence-electron chi connectivity index (χ3n) is 1.83. The predicted molar refractivity (Wildman–Crippen MR) is 61.2 cm³/mol. The first-order valence-corrected chi connectivity index (χ1v) is 4.93. The zero-order valence-corrected chi connectivity index (χ0v) is 9.47. The Morgan fingerprint density at radius 2 is 2.00 bits per heavy atom. The highest BCUT2D eigenvalue weighted by Gasteiger charge is 2.06. The number of hydrogen-bond donors (Lipinski definition) is 0. The fourth-order valence-electron chi connectivity index (χ4n) is 1.02. The molecule has 0 atom stereocenters. The molecule has 0 unspecified atom stereocenters. The molecular formula is C11H8Cl2O2. The van der Waals surface area contributed by atoms with Gasteiger partial charge in [0.25, 0.3) is 0 Å². The maximum absolute atomic E-state index is 11.0. The number of halogens is 2. The van der Waals surface area contributed by atoms with Crippen molar-refractivity contribution in [3.05, 3.63) is 39.4 Å². The molecule has 0 heterocycles. The number of ketones is 1. The Hall–Kier alpha value is -1.12. The van der Waals surface area contributed by atoms with Crippen LogP contribution in [0.2, 0.25) is 10.0 Å². The fourth-order valence-corrected chi connectivity index (χ4v) is 1.38. The van der Waals surface area contributed by atoms with Gasteiger partial charge in [-0.25, -0.2) is 0 Å². The standard InChI is InChI=1S/C11H8Cl2O2/c1-7(15)9(6-14)5-8-3-2-4-10(12)11(8)13/h2-6H,1H3/b9-5-. The molecule has 2 nitrogen and oxygen atoms in total. The summed E-state index contributed by atoms with van der Waals surface area (Å²) in [5.74, 6) is -0.305. The van der Waals surface area contributed by atoms with Gasteiger partial charge in [0.15, 0.2) is 12.1 Å². The maximum Gasteiger partial charge on any atom is 0.163 e. The summed E-state index contributed by atoms with van der Waals surface area (Å²) in [6, 6.07) is 5.01. The molecule has 1 aromatic rings. The minimum Gasteiger partial charge on any atom is -0.298 e. The van der Waals surface area contributed by atoms with Crippen molar-refractivity contribution in [1.82, 2.24) is 0 Å². The van der Waals surface area contributed by atoms with Crippen LogP contribution in [0.3, 0.4) is 0 Å². The Bertz CT molecular complexity index is 436. The second kappa shape index (κ2) is 5.10. The molecule has 0 aliphatic heterocycles. The predicted octanol–water partition coefficient (Wildman–Crippen LogP) is 3.16. The second-order valence-electron chi connectivity index (χ2n) is 2.92. The molecule has 1 rings (SSSR count). The molecule has 0 aliphatic rings. The normalized spacial score (nSPS) is 11.3. The zero-order valence-electron chi connectivity index (χ0n) is 7.96. The van der Waals surface area contributed by atoms with E-state index in [2.05, 4.69) is 0 Å². The highest BCUT2D eigenvalue weighted by atomic mass is 35.5. The Labute approximate surface area is 97.5 Å². The monoisotopic (exact) mass is 242 g/mol. The Morgan fingerprint density at radius 1 is 1.33 bits per heavy atom. The molecule has 0 aromatic heterocycles. The van der Waals surface area contributed by atoms with E-state index in [9.17, 15) is 9.59 Å². The number of carbonyl (C=O) groups is 2. The summed E-state index contributed by atoms with van der Waals surface area (Å²) in [6.45, 7) is 1.32. The molecule has 0 fully saturated rings. The average Bonchev–Trinajstić information content (AvgIpc) is 2.19. The van der Waals surface area contributed by atoms with E-state index >= 15 is 0 Å². The quantitative estimate of drug-likeness (QED) is 0.353. The lowest BCUT2D eigenvalue weighted by Crippen LogP contribution is -1.97. The Morgan fingerprint density at radius 3 is 2.53 bits per heavy atom. The van der Waals surface area contributed by atoms with Gasteiger partial charge in [-0.2, -0.15) is 0 Å². The van der Waals surface area contributed by atoms with E-state index in [1.807, 2.05) is 0 Å². The summed E-state index contributed by atoms with van der Waals surface area (Å²) in [4.78, 5) is 21.6. The molecule has 4 heteroatoms. The molecule has 0 saturated heterocycles. The van der Waals surface area contributed by atoms with Crippen LogP contribution in [0.15, 0.2) is 23.8 Å². The molecule has 1 aromatic carbocycles. The van der Waals surface area contributed by atoms with Crippen LogP contribution in [0.1, 0.15) is 12.5 Å². The number of aldehydes is 1. The molecule has 0 N–H and O–H groups in total. The molecule has 15 heavy (non-hydrogen) atoms. The number of allylic oxidation sites excluding steroid dienone is 1. The molecule has 78 valence electrons. The van der Waals surface area contributed by atoms with Gasteiger partial charge in [-0.15, -0.1) is 0 Å². The topological polar surface area (TPSA) is 34.1 Å². The van der Waals surface area contributed by atoms with Crippen LogP contribution >= 0.6 is 23.2 Å². The summed E-state index contributed by atoms with van der Waals surface area (Å²) >= 11 is 11.7.